The largest absolute Gasteiger partial charge is 0.463 e. The van der Waals surface area contributed by atoms with Gasteiger partial charge in [-0.2, -0.15) is 0 Å². The first kappa shape index (κ1) is 27.1. The molecule has 194 valence electrons. The zero-order valence-electron chi connectivity index (χ0n) is 21.0. The lowest BCUT2D eigenvalue weighted by molar-refractivity contribution is -0.147. The highest BCUT2D eigenvalue weighted by Gasteiger charge is 2.27. The van der Waals surface area contributed by atoms with Gasteiger partial charge in [-0.15, -0.1) is 0 Å². The van der Waals surface area contributed by atoms with E-state index in [4.69, 9.17) is 14.0 Å². The van der Waals surface area contributed by atoms with E-state index in [1.54, 1.807) is 18.2 Å². The van der Waals surface area contributed by atoms with Crippen LogP contribution < -0.4 is 4.90 Å². The van der Waals surface area contributed by atoms with Crippen molar-refractivity contribution >= 4 is 11.9 Å². The van der Waals surface area contributed by atoms with Crippen molar-refractivity contribution in [3.8, 4) is 11.3 Å². The molecule has 1 aromatic carbocycles. The second-order valence-electron chi connectivity index (χ2n) is 9.40. The Bertz CT molecular complexity index is 929. The van der Waals surface area contributed by atoms with E-state index in [9.17, 15) is 14.3 Å². The summed E-state index contributed by atoms with van der Waals surface area (Å²) in [7, 11) is 0. The molecule has 9 heteroatoms. The molecule has 1 unspecified atom stereocenters. The van der Waals surface area contributed by atoms with Crippen LogP contribution in [-0.4, -0.2) is 73.2 Å². The summed E-state index contributed by atoms with van der Waals surface area (Å²) >= 11 is 0. The van der Waals surface area contributed by atoms with Crippen LogP contribution in [0.2, 0.25) is 0 Å². The Morgan fingerprint density at radius 2 is 2.03 bits per heavy atom. The molecule has 0 amide bonds. The molecule has 1 saturated heterocycles. The van der Waals surface area contributed by atoms with Gasteiger partial charge in [-0.1, -0.05) is 38.1 Å². The molecule has 1 aliphatic rings. The van der Waals surface area contributed by atoms with Crippen molar-refractivity contribution in [1.29, 1.82) is 0 Å². The second kappa shape index (κ2) is 13.6. The van der Waals surface area contributed by atoms with Crippen molar-refractivity contribution in [2.75, 3.05) is 50.9 Å². The van der Waals surface area contributed by atoms with Crippen LogP contribution >= 0.6 is 0 Å². The molecule has 2 aromatic rings. The average molecular weight is 492 g/mol. The van der Waals surface area contributed by atoms with Crippen LogP contribution in [0.4, 0.5) is 10.3 Å². The number of nitrogens with zero attached hydrogens (tertiary/aromatic N) is 3. The highest BCUT2D eigenvalue weighted by atomic mass is 19.1. The molecule has 3 rings (SSSR count). The number of aromatic nitrogens is 1. The summed E-state index contributed by atoms with van der Waals surface area (Å²) < 4.78 is 31.2. The van der Waals surface area contributed by atoms with Crippen molar-refractivity contribution in [3.05, 3.63) is 35.6 Å². The number of hydrogen-bond donors (Lipinski definition) is 1. The molecule has 0 saturated carbocycles. The van der Waals surface area contributed by atoms with E-state index < -0.39 is 6.10 Å². The minimum Gasteiger partial charge on any atom is -0.463 e. The zero-order chi connectivity index (χ0) is 25.2. The smallest absolute Gasteiger partial charge is 0.305 e. The first-order valence-electron chi connectivity index (χ1n) is 12.5. The summed E-state index contributed by atoms with van der Waals surface area (Å²) in [6.45, 7) is 10.0. The van der Waals surface area contributed by atoms with Gasteiger partial charge in [-0.3, -0.25) is 9.69 Å². The van der Waals surface area contributed by atoms with Crippen LogP contribution in [0.1, 0.15) is 45.6 Å². The molecule has 0 spiro atoms. The van der Waals surface area contributed by atoms with Crippen LogP contribution in [0.15, 0.2) is 28.8 Å². The highest BCUT2D eigenvalue weighted by Crippen LogP contribution is 2.34. The van der Waals surface area contributed by atoms with Gasteiger partial charge in [-0.05, 0) is 37.4 Å². The van der Waals surface area contributed by atoms with Crippen molar-refractivity contribution in [2.45, 2.75) is 52.7 Å². The molecule has 0 bridgehead atoms. The van der Waals surface area contributed by atoms with E-state index in [0.29, 0.717) is 81.8 Å². The fourth-order valence-corrected chi connectivity index (χ4v) is 4.04. The van der Waals surface area contributed by atoms with Crippen LogP contribution in [-0.2, 0) is 20.8 Å². The minimum absolute atomic E-state index is 0.0584. The van der Waals surface area contributed by atoms with Crippen molar-refractivity contribution in [3.63, 3.8) is 0 Å². The van der Waals surface area contributed by atoms with Crippen molar-refractivity contribution < 1.29 is 28.3 Å². The lowest BCUT2D eigenvalue weighted by atomic mass is 10.0. The van der Waals surface area contributed by atoms with E-state index in [1.165, 1.54) is 6.07 Å². The third kappa shape index (κ3) is 8.02. The van der Waals surface area contributed by atoms with Gasteiger partial charge >= 0.3 is 5.97 Å². The summed E-state index contributed by atoms with van der Waals surface area (Å²) in [4.78, 5) is 15.9. The molecule has 1 fully saturated rings. The topological polar surface area (TPSA) is 88.3 Å². The molecular weight excluding hydrogens is 453 g/mol. The number of carbonyl (C=O) groups excluding carboxylic acids is 1. The number of carbonyl (C=O) groups is 1. The Morgan fingerprint density at radius 3 is 2.71 bits per heavy atom. The minimum atomic E-state index is -0.841. The fourth-order valence-electron chi connectivity index (χ4n) is 4.04. The summed E-state index contributed by atoms with van der Waals surface area (Å²) in [5, 5.41) is 14.9. The number of rotatable bonds is 13. The molecule has 8 nitrogen and oxygen atoms in total. The Hall–Kier alpha value is -2.49. The molecule has 0 aliphatic carbocycles. The van der Waals surface area contributed by atoms with Crippen molar-refractivity contribution in [2.24, 2.45) is 5.92 Å². The Balaban J connectivity index is 1.85. The van der Waals surface area contributed by atoms with Gasteiger partial charge in [0.05, 0.1) is 18.8 Å². The maximum Gasteiger partial charge on any atom is 0.305 e. The Kier molecular flexibility index (Phi) is 10.5. The number of aliphatic hydroxyl groups is 1. The fraction of sp³-hybridized carbons (Fsp3) is 0.615. The van der Waals surface area contributed by atoms with Gasteiger partial charge < -0.3 is 24.0 Å². The van der Waals surface area contributed by atoms with E-state index in [0.717, 1.165) is 12.0 Å². The number of morpholine rings is 1. The number of esters is 1. The Labute approximate surface area is 207 Å². The molecule has 0 radical (unpaired) electrons. The standard InChI is InChI=1S/C26H38FN3O5/c1-4-7-24(32)34-18-20(31)16-29(11-10-19(2)3)17-22-25(21-8-5-6-9-23(21)27)28-35-26(22)30-12-14-33-15-13-30/h5-6,8-9,19-20,31H,4,7,10-18H2,1-3H3. The number of hydrogen-bond acceptors (Lipinski definition) is 8. The lowest BCUT2D eigenvalue weighted by Crippen LogP contribution is -2.38. The number of ether oxygens (including phenoxy) is 2. The molecular formula is C26H38FN3O5. The number of benzene rings is 1. The second-order valence-corrected chi connectivity index (χ2v) is 9.40. The summed E-state index contributed by atoms with van der Waals surface area (Å²) in [5.74, 6) is 0.386. The maximum atomic E-state index is 14.7. The van der Waals surface area contributed by atoms with Crippen LogP contribution in [0.25, 0.3) is 11.3 Å². The Morgan fingerprint density at radius 1 is 1.29 bits per heavy atom. The lowest BCUT2D eigenvalue weighted by Gasteiger charge is -2.29. The zero-order valence-corrected chi connectivity index (χ0v) is 21.0. The van der Waals surface area contributed by atoms with Crippen LogP contribution in [0.3, 0.4) is 0 Å². The predicted octanol–water partition coefficient (Wildman–Crippen LogP) is 3.87. The number of anilines is 1. The van der Waals surface area contributed by atoms with Gasteiger partial charge in [0.15, 0.2) is 0 Å². The first-order chi connectivity index (χ1) is 16.9. The highest BCUT2D eigenvalue weighted by molar-refractivity contribution is 5.69. The van der Waals surface area contributed by atoms with E-state index in [1.807, 2.05) is 6.92 Å². The molecule has 35 heavy (non-hydrogen) atoms. The molecule has 1 atom stereocenters. The summed E-state index contributed by atoms with van der Waals surface area (Å²) in [6.07, 6.45) is 1.10. The van der Waals surface area contributed by atoms with Gasteiger partial charge in [-0.25, -0.2) is 4.39 Å². The van der Waals surface area contributed by atoms with Gasteiger partial charge in [0.1, 0.15) is 24.2 Å². The summed E-state index contributed by atoms with van der Waals surface area (Å²) in [6, 6.07) is 6.52. The van der Waals surface area contributed by atoms with Crippen LogP contribution in [0.5, 0.6) is 0 Å². The van der Waals surface area contributed by atoms with Crippen LogP contribution in [0, 0.1) is 11.7 Å². The van der Waals surface area contributed by atoms with E-state index in [-0.39, 0.29) is 18.4 Å². The molecule has 1 aliphatic heterocycles. The van der Waals surface area contributed by atoms with Gasteiger partial charge in [0.2, 0.25) is 5.88 Å². The average Bonchev–Trinajstić information content (AvgIpc) is 3.25. The van der Waals surface area contributed by atoms with Crippen molar-refractivity contribution in [1.82, 2.24) is 10.1 Å². The SMILES string of the molecule is CCCC(=O)OCC(O)CN(CCC(C)C)Cc1c(-c2ccccc2F)noc1N1CCOCC1. The van der Waals surface area contributed by atoms with E-state index >= 15 is 0 Å². The quantitative estimate of drug-likeness (QED) is 0.423. The maximum absolute atomic E-state index is 14.7. The van der Waals surface area contributed by atoms with Gasteiger partial charge in [0.25, 0.3) is 0 Å². The normalized spacial score (nSPS) is 15.1. The monoisotopic (exact) mass is 491 g/mol. The molecule has 1 N–H and O–H groups in total. The molecule has 2 heterocycles. The van der Waals surface area contributed by atoms with Gasteiger partial charge in [0, 0.05) is 38.2 Å². The number of aliphatic hydroxyl groups excluding tert-OH is 1. The molecule has 1 aromatic heterocycles. The third-order valence-electron chi connectivity index (χ3n) is 5.96. The van der Waals surface area contributed by atoms with E-state index in [2.05, 4.69) is 28.8 Å². The predicted molar refractivity (Wildman–Crippen MR) is 132 cm³/mol. The first-order valence-corrected chi connectivity index (χ1v) is 12.5. The summed E-state index contributed by atoms with van der Waals surface area (Å²) in [5.41, 5.74) is 1.61. The number of halogens is 1. The third-order valence-corrected chi connectivity index (χ3v) is 5.96.